The fraction of sp³-hybridized carbons (Fsp3) is 0.455. The SMILES string of the molecule is CCNc1cc([N+](=O)[O-])cc(Sc2nnnn2C2CC2)n1. The van der Waals surface area contributed by atoms with Gasteiger partial charge in [0, 0.05) is 12.6 Å². The number of aromatic nitrogens is 5. The molecule has 2 heterocycles. The van der Waals surface area contributed by atoms with E-state index in [9.17, 15) is 10.1 Å². The lowest BCUT2D eigenvalue weighted by Gasteiger charge is -2.05. The van der Waals surface area contributed by atoms with Crippen molar-refractivity contribution in [2.24, 2.45) is 0 Å². The quantitative estimate of drug-likeness (QED) is 0.636. The van der Waals surface area contributed by atoms with Crippen LogP contribution in [-0.2, 0) is 0 Å². The summed E-state index contributed by atoms with van der Waals surface area (Å²) in [6.45, 7) is 2.54. The van der Waals surface area contributed by atoms with Gasteiger partial charge in [-0.25, -0.2) is 9.67 Å². The molecule has 0 atom stereocenters. The molecule has 110 valence electrons. The minimum absolute atomic E-state index is 0.00565. The molecule has 10 heteroatoms. The zero-order valence-electron chi connectivity index (χ0n) is 11.3. The predicted octanol–water partition coefficient (Wildman–Crippen LogP) is 1.89. The molecule has 0 spiro atoms. The fourth-order valence-corrected chi connectivity index (χ4v) is 2.68. The number of hydrogen-bond acceptors (Lipinski definition) is 8. The number of nitro groups is 1. The summed E-state index contributed by atoms with van der Waals surface area (Å²) >= 11 is 1.23. The second-order valence-electron chi connectivity index (χ2n) is 4.58. The second kappa shape index (κ2) is 5.64. The second-order valence-corrected chi connectivity index (χ2v) is 5.56. The summed E-state index contributed by atoms with van der Waals surface area (Å²) in [6, 6.07) is 3.18. The first-order valence-corrected chi connectivity index (χ1v) is 7.35. The molecular weight excluding hydrogens is 294 g/mol. The van der Waals surface area contributed by atoms with E-state index < -0.39 is 4.92 Å². The first-order chi connectivity index (χ1) is 10.2. The maximum Gasteiger partial charge on any atom is 0.275 e. The Morgan fingerprint density at radius 1 is 1.52 bits per heavy atom. The summed E-state index contributed by atoms with van der Waals surface area (Å²) in [5, 5.41) is 26.6. The van der Waals surface area contributed by atoms with Crippen LogP contribution in [0, 0.1) is 10.1 Å². The van der Waals surface area contributed by atoms with E-state index in [0.29, 0.717) is 28.6 Å². The van der Waals surface area contributed by atoms with E-state index in [2.05, 4.69) is 25.8 Å². The number of tetrazole rings is 1. The molecule has 2 aromatic rings. The largest absolute Gasteiger partial charge is 0.370 e. The van der Waals surface area contributed by atoms with Crippen molar-refractivity contribution < 1.29 is 4.92 Å². The Kier molecular flexibility index (Phi) is 3.69. The van der Waals surface area contributed by atoms with Crippen molar-refractivity contribution in [1.29, 1.82) is 0 Å². The lowest BCUT2D eigenvalue weighted by Crippen LogP contribution is -2.02. The van der Waals surface area contributed by atoms with Crippen LogP contribution in [0.1, 0.15) is 25.8 Å². The highest BCUT2D eigenvalue weighted by atomic mass is 32.2. The molecule has 1 aliphatic rings. The Balaban J connectivity index is 1.89. The normalized spacial score (nSPS) is 14.1. The molecule has 0 bridgehead atoms. The standard InChI is InChI=1S/C11H13N7O2S/c1-2-12-9-5-8(18(19)20)6-10(13-9)21-11-14-15-16-17(11)7-3-4-7/h5-7H,2-4H2,1H3,(H,12,13). The number of nitrogens with zero attached hydrogens (tertiary/aromatic N) is 6. The van der Waals surface area contributed by atoms with E-state index in [1.54, 1.807) is 4.68 Å². The fourth-order valence-electron chi connectivity index (χ4n) is 1.82. The summed E-state index contributed by atoms with van der Waals surface area (Å²) in [5.41, 5.74) is -0.00565. The maximum absolute atomic E-state index is 11.0. The number of hydrogen-bond donors (Lipinski definition) is 1. The third kappa shape index (κ3) is 3.10. The molecule has 9 nitrogen and oxygen atoms in total. The molecule has 3 rings (SSSR count). The number of pyridine rings is 1. The van der Waals surface area contributed by atoms with Crippen LogP contribution in [0.3, 0.4) is 0 Å². The first kappa shape index (κ1) is 13.7. The van der Waals surface area contributed by atoms with Crippen molar-refractivity contribution in [3.63, 3.8) is 0 Å². The third-order valence-corrected chi connectivity index (χ3v) is 3.78. The maximum atomic E-state index is 11.0. The Hall–Kier alpha value is -2.23. The molecule has 0 amide bonds. The van der Waals surface area contributed by atoms with Gasteiger partial charge in [-0.1, -0.05) is 0 Å². The monoisotopic (exact) mass is 307 g/mol. The average Bonchev–Trinajstić information content (AvgIpc) is 3.19. The number of nitrogens with one attached hydrogen (secondary N) is 1. The van der Waals surface area contributed by atoms with E-state index in [1.165, 1.54) is 23.9 Å². The van der Waals surface area contributed by atoms with Gasteiger partial charge < -0.3 is 5.32 Å². The summed E-state index contributed by atoms with van der Waals surface area (Å²) in [6.07, 6.45) is 2.12. The minimum atomic E-state index is -0.434. The Bertz CT molecular complexity index is 670. The van der Waals surface area contributed by atoms with Crippen molar-refractivity contribution in [2.75, 3.05) is 11.9 Å². The lowest BCUT2D eigenvalue weighted by atomic mass is 10.4. The highest BCUT2D eigenvalue weighted by molar-refractivity contribution is 7.99. The summed E-state index contributed by atoms with van der Waals surface area (Å²) in [5.74, 6) is 0.472. The minimum Gasteiger partial charge on any atom is -0.370 e. The number of anilines is 1. The Labute approximate surface area is 124 Å². The van der Waals surface area contributed by atoms with Gasteiger partial charge in [-0.2, -0.15) is 0 Å². The van der Waals surface area contributed by atoms with Crippen LogP contribution < -0.4 is 5.32 Å². The van der Waals surface area contributed by atoms with Crippen LogP contribution in [0.5, 0.6) is 0 Å². The van der Waals surface area contributed by atoms with Crippen molar-refractivity contribution in [1.82, 2.24) is 25.2 Å². The molecular formula is C11H13N7O2S. The van der Waals surface area contributed by atoms with Crippen molar-refractivity contribution in [3.05, 3.63) is 22.2 Å². The van der Waals surface area contributed by atoms with Gasteiger partial charge in [0.1, 0.15) is 10.8 Å². The number of rotatable bonds is 6. The molecule has 0 radical (unpaired) electrons. The van der Waals surface area contributed by atoms with E-state index in [4.69, 9.17) is 0 Å². The predicted molar refractivity (Wildman–Crippen MR) is 75.3 cm³/mol. The Morgan fingerprint density at radius 2 is 2.33 bits per heavy atom. The molecule has 0 saturated heterocycles. The van der Waals surface area contributed by atoms with Crippen LogP contribution in [0.4, 0.5) is 11.5 Å². The van der Waals surface area contributed by atoms with Gasteiger partial charge in [0.05, 0.1) is 17.0 Å². The summed E-state index contributed by atoms with van der Waals surface area (Å²) < 4.78 is 1.75. The van der Waals surface area contributed by atoms with E-state index in [1.807, 2.05) is 6.92 Å². The van der Waals surface area contributed by atoms with Crippen molar-refractivity contribution in [2.45, 2.75) is 36.0 Å². The van der Waals surface area contributed by atoms with Crippen molar-refractivity contribution in [3.8, 4) is 0 Å². The summed E-state index contributed by atoms with van der Waals surface area (Å²) in [4.78, 5) is 14.9. The third-order valence-electron chi connectivity index (χ3n) is 2.91. The van der Waals surface area contributed by atoms with E-state index in [-0.39, 0.29) is 5.69 Å². The molecule has 2 aromatic heterocycles. The van der Waals surface area contributed by atoms with Crippen LogP contribution in [-0.4, -0.2) is 36.7 Å². The van der Waals surface area contributed by atoms with Gasteiger partial charge in [-0.05, 0) is 42.0 Å². The van der Waals surface area contributed by atoms with Gasteiger partial charge in [0.15, 0.2) is 0 Å². The van der Waals surface area contributed by atoms with Gasteiger partial charge in [-0.3, -0.25) is 10.1 Å². The van der Waals surface area contributed by atoms with Crippen LogP contribution in [0.2, 0.25) is 0 Å². The highest BCUT2D eigenvalue weighted by Crippen LogP contribution is 2.38. The topological polar surface area (TPSA) is 112 Å². The van der Waals surface area contributed by atoms with Gasteiger partial charge in [0.2, 0.25) is 5.16 Å². The highest BCUT2D eigenvalue weighted by Gasteiger charge is 2.28. The lowest BCUT2D eigenvalue weighted by molar-refractivity contribution is -0.385. The summed E-state index contributed by atoms with van der Waals surface area (Å²) in [7, 11) is 0. The van der Waals surface area contributed by atoms with Gasteiger partial charge in [-0.15, -0.1) is 5.10 Å². The molecule has 1 fully saturated rings. The average molecular weight is 307 g/mol. The van der Waals surface area contributed by atoms with Crippen LogP contribution >= 0.6 is 11.8 Å². The smallest absolute Gasteiger partial charge is 0.275 e. The molecule has 1 aliphatic carbocycles. The molecule has 0 aliphatic heterocycles. The Morgan fingerprint density at radius 3 is 3.00 bits per heavy atom. The zero-order chi connectivity index (χ0) is 14.8. The molecule has 21 heavy (non-hydrogen) atoms. The molecule has 0 aromatic carbocycles. The zero-order valence-corrected chi connectivity index (χ0v) is 12.1. The molecule has 1 saturated carbocycles. The van der Waals surface area contributed by atoms with Crippen molar-refractivity contribution >= 4 is 23.3 Å². The van der Waals surface area contributed by atoms with Gasteiger partial charge in [0.25, 0.3) is 5.69 Å². The van der Waals surface area contributed by atoms with E-state index >= 15 is 0 Å². The molecule has 0 unspecified atom stereocenters. The first-order valence-electron chi connectivity index (χ1n) is 6.53. The van der Waals surface area contributed by atoms with Crippen LogP contribution in [0.25, 0.3) is 0 Å². The van der Waals surface area contributed by atoms with Gasteiger partial charge >= 0.3 is 0 Å². The van der Waals surface area contributed by atoms with Crippen LogP contribution in [0.15, 0.2) is 22.3 Å². The van der Waals surface area contributed by atoms with E-state index in [0.717, 1.165) is 12.8 Å². The molecule has 1 N–H and O–H groups in total.